The van der Waals surface area contributed by atoms with Gasteiger partial charge < -0.3 is 24.1 Å². The topological polar surface area (TPSA) is 139 Å². The van der Waals surface area contributed by atoms with Crippen molar-refractivity contribution in [1.29, 1.82) is 0 Å². The minimum atomic E-state index is -1.45. The van der Waals surface area contributed by atoms with Crippen molar-refractivity contribution in [3.8, 4) is 11.3 Å². The van der Waals surface area contributed by atoms with E-state index in [1.165, 1.54) is 11.6 Å². The zero-order valence-electron chi connectivity index (χ0n) is 17.2. The smallest absolute Gasteiger partial charge is 0.303 e. The number of rotatable bonds is 6. The number of aliphatic hydroxyl groups is 1. The zero-order valence-corrected chi connectivity index (χ0v) is 17.2. The maximum absolute atomic E-state index is 11.7. The molecule has 1 aromatic heterocycles. The highest BCUT2D eigenvalue weighted by molar-refractivity contribution is 5.68. The first-order valence-corrected chi connectivity index (χ1v) is 9.55. The highest BCUT2D eigenvalue weighted by Gasteiger charge is 2.50. The molecule has 1 aromatic carbocycles. The van der Waals surface area contributed by atoms with E-state index in [0.717, 1.165) is 19.4 Å². The normalized spacial score (nSPS) is 25.5. The average Bonchev–Trinajstić information content (AvgIpc) is 3.20. The third-order valence-electron chi connectivity index (χ3n) is 4.53. The maximum Gasteiger partial charge on any atom is 0.303 e. The van der Waals surface area contributed by atoms with Gasteiger partial charge in [-0.25, -0.2) is 4.68 Å². The van der Waals surface area contributed by atoms with E-state index >= 15 is 0 Å². The monoisotopic (exact) mass is 433 g/mol. The third-order valence-corrected chi connectivity index (χ3v) is 4.53. The molecule has 1 saturated heterocycles. The Morgan fingerprint density at radius 1 is 1.03 bits per heavy atom. The van der Waals surface area contributed by atoms with Gasteiger partial charge in [0.1, 0.15) is 24.5 Å². The van der Waals surface area contributed by atoms with Crippen molar-refractivity contribution in [3.63, 3.8) is 0 Å². The summed E-state index contributed by atoms with van der Waals surface area (Å²) in [5, 5.41) is 19.0. The molecular weight excluding hydrogens is 410 g/mol. The molecule has 1 N–H and O–H groups in total. The molecule has 0 saturated carbocycles. The molecule has 0 unspecified atom stereocenters. The lowest BCUT2D eigenvalue weighted by Crippen LogP contribution is -2.59. The lowest BCUT2D eigenvalue weighted by Gasteiger charge is -2.42. The molecule has 11 nitrogen and oxygen atoms in total. The Morgan fingerprint density at radius 2 is 1.68 bits per heavy atom. The van der Waals surface area contributed by atoms with Crippen molar-refractivity contribution in [2.75, 3.05) is 6.61 Å². The van der Waals surface area contributed by atoms with Gasteiger partial charge in [0.2, 0.25) is 0 Å². The predicted octanol–water partition coefficient (Wildman–Crippen LogP) is 0.630. The van der Waals surface area contributed by atoms with E-state index < -0.39 is 48.6 Å². The lowest BCUT2D eigenvalue weighted by molar-refractivity contribution is -0.266. The standard InChI is InChI=1S/C20H23N3O8/c1-11(24)28-10-16-18(29-12(2)25)19(30-13(3)26)17(27)20(31-16)23-9-15(21-22-23)14-7-5-4-6-8-14/h4-9,16-20,27H,10H2,1-3H3/t16-,17-,18-,19-,20+/m1/s1. The summed E-state index contributed by atoms with van der Waals surface area (Å²) in [6.45, 7) is 3.24. The molecule has 1 fully saturated rings. The number of ether oxygens (including phenoxy) is 4. The second-order valence-corrected chi connectivity index (χ2v) is 6.96. The van der Waals surface area contributed by atoms with Gasteiger partial charge >= 0.3 is 17.9 Å². The Labute approximate surface area is 177 Å². The van der Waals surface area contributed by atoms with Crippen LogP contribution in [0.4, 0.5) is 0 Å². The van der Waals surface area contributed by atoms with Gasteiger partial charge in [-0.2, -0.15) is 0 Å². The number of aromatic nitrogens is 3. The van der Waals surface area contributed by atoms with Crippen LogP contribution in [0.3, 0.4) is 0 Å². The van der Waals surface area contributed by atoms with E-state index in [9.17, 15) is 19.5 Å². The van der Waals surface area contributed by atoms with E-state index in [1.54, 1.807) is 6.20 Å². The number of nitrogens with zero attached hydrogens (tertiary/aromatic N) is 3. The summed E-state index contributed by atoms with van der Waals surface area (Å²) in [6, 6.07) is 9.23. The lowest BCUT2D eigenvalue weighted by atomic mass is 9.97. The fraction of sp³-hybridized carbons (Fsp3) is 0.450. The van der Waals surface area contributed by atoms with Crippen LogP contribution in [0.15, 0.2) is 36.5 Å². The summed E-state index contributed by atoms with van der Waals surface area (Å²) in [7, 11) is 0. The Balaban J connectivity index is 1.93. The molecule has 2 aromatic rings. The van der Waals surface area contributed by atoms with Gasteiger partial charge in [-0.15, -0.1) is 5.10 Å². The van der Waals surface area contributed by atoms with Gasteiger partial charge in [0, 0.05) is 26.3 Å². The SMILES string of the molecule is CC(=O)OC[C@H]1O[C@H](n2cc(-c3ccccc3)nn2)[C@H](O)[C@@H](OC(C)=O)[C@@H]1OC(C)=O. The minimum absolute atomic E-state index is 0.297. The van der Waals surface area contributed by atoms with Crippen molar-refractivity contribution in [2.45, 2.75) is 51.4 Å². The summed E-state index contributed by atoms with van der Waals surface area (Å²) in [5.74, 6) is -1.96. The molecule has 31 heavy (non-hydrogen) atoms. The van der Waals surface area contributed by atoms with Crippen molar-refractivity contribution in [3.05, 3.63) is 36.5 Å². The molecule has 0 amide bonds. The number of benzene rings is 1. The summed E-state index contributed by atoms with van der Waals surface area (Å²) >= 11 is 0. The molecule has 0 aliphatic carbocycles. The van der Waals surface area contributed by atoms with Crippen molar-refractivity contribution < 1.29 is 38.4 Å². The van der Waals surface area contributed by atoms with Crippen LogP contribution in [0.5, 0.6) is 0 Å². The number of carbonyl (C=O) groups excluding carboxylic acids is 3. The van der Waals surface area contributed by atoms with Gasteiger partial charge in [0.05, 0.1) is 6.20 Å². The number of carbonyl (C=O) groups is 3. The average molecular weight is 433 g/mol. The molecule has 11 heteroatoms. The molecule has 3 rings (SSSR count). The van der Waals surface area contributed by atoms with Crippen molar-refractivity contribution >= 4 is 17.9 Å². The summed E-state index contributed by atoms with van der Waals surface area (Å²) in [6.07, 6.45) is -4.57. The maximum atomic E-state index is 11.7. The first-order chi connectivity index (χ1) is 14.8. The first kappa shape index (κ1) is 22.4. The van der Waals surface area contributed by atoms with Crippen LogP contribution in [0.25, 0.3) is 11.3 Å². The van der Waals surface area contributed by atoms with Crippen LogP contribution in [0.1, 0.15) is 27.0 Å². The molecule has 2 heterocycles. The largest absolute Gasteiger partial charge is 0.463 e. The fourth-order valence-corrected chi connectivity index (χ4v) is 3.26. The quantitative estimate of drug-likeness (QED) is 0.510. The zero-order chi connectivity index (χ0) is 22.5. The second-order valence-electron chi connectivity index (χ2n) is 6.96. The Kier molecular flexibility index (Phi) is 6.98. The van der Waals surface area contributed by atoms with Crippen LogP contribution >= 0.6 is 0 Å². The molecule has 0 radical (unpaired) electrons. The van der Waals surface area contributed by atoms with Gasteiger partial charge in [0.25, 0.3) is 0 Å². The second kappa shape index (κ2) is 9.67. The summed E-state index contributed by atoms with van der Waals surface area (Å²) in [4.78, 5) is 34.6. The van der Waals surface area contributed by atoms with E-state index in [-0.39, 0.29) is 6.61 Å². The van der Waals surface area contributed by atoms with Crippen LogP contribution in [0, 0.1) is 0 Å². The van der Waals surface area contributed by atoms with Crippen LogP contribution < -0.4 is 0 Å². The molecule has 5 atom stereocenters. The number of esters is 3. The fourth-order valence-electron chi connectivity index (χ4n) is 3.26. The molecule has 0 spiro atoms. The van der Waals surface area contributed by atoms with Gasteiger partial charge in [-0.1, -0.05) is 35.5 Å². The molecule has 1 aliphatic heterocycles. The number of aliphatic hydroxyl groups excluding tert-OH is 1. The van der Waals surface area contributed by atoms with Crippen LogP contribution in [-0.4, -0.2) is 69.0 Å². The molecule has 166 valence electrons. The van der Waals surface area contributed by atoms with Crippen LogP contribution in [-0.2, 0) is 33.3 Å². The predicted molar refractivity (Wildman–Crippen MR) is 103 cm³/mol. The highest BCUT2D eigenvalue weighted by atomic mass is 16.6. The Hall–Kier alpha value is -3.31. The number of hydrogen-bond donors (Lipinski definition) is 1. The Bertz CT molecular complexity index is 932. The summed E-state index contributed by atoms with van der Waals surface area (Å²) in [5.41, 5.74) is 1.32. The third kappa shape index (κ3) is 5.44. The van der Waals surface area contributed by atoms with Gasteiger partial charge in [-0.05, 0) is 0 Å². The van der Waals surface area contributed by atoms with Crippen LogP contribution in [0.2, 0.25) is 0 Å². The van der Waals surface area contributed by atoms with Gasteiger partial charge in [0.15, 0.2) is 18.4 Å². The molecular formula is C20H23N3O8. The molecule has 1 aliphatic rings. The van der Waals surface area contributed by atoms with E-state index in [0.29, 0.717) is 5.69 Å². The molecule has 0 bridgehead atoms. The van der Waals surface area contributed by atoms with Crippen molar-refractivity contribution in [2.24, 2.45) is 0 Å². The highest BCUT2D eigenvalue weighted by Crippen LogP contribution is 2.32. The summed E-state index contributed by atoms with van der Waals surface area (Å²) < 4.78 is 22.7. The number of hydrogen-bond acceptors (Lipinski definition) is 10. The van der Waals surface area contributed by atoms with E-state index in [2.05, 4.69) is 10.3 Å². The Morgan fingerprint density at radius 3 is 2.29 bits per heavy atom. The van der Waals surface area contributed by atoms with Gasteiger partial charge in [-0.3, -0.25) is 14.4 Å². The minimum Gasteiger partial charge on any atom is -0.463 e. The first-order valence-electron chi connectivity index (χ1n) is 9.55. The van der Waals surface area contributed by atoms with E-state index in [4.69, 9.17) is 18.9 Å². The van der Waals surface area contributed by atoms with E-state index in [1.807, 2.05) is 30.3 Å². The van der Waals surface area contributed by atoms with Crippen molar-refractivity contribution in [1.82, 2.24) is 15.0 Å².